The Bertz CT molecular complexity index is 817. The van der Waals surface area contributed by atoms with Crippen LogP contribution in [0.15, 0.2) is 30.4 Å². The van der Waals surface area contributed by atoms with Gasteiger partial charge in [0, 0.05) is 11.1 Å². The number of carbonyl (C=O) groups excluding carboxylic acids is 2. The number of fused-ring (bicyclic) bond motifs is 5. The SMILES string of the molecule is C[C@]12C=C[C@](C)(O1)[C@H]1C(=O)N(c3ccc(Cl)cc3[N+](=O)[O-])C(=O)[C@@H]12. The van der Waals surface area contributed by atoms with E-state index in [0.29, 0.717) is 0 Å². The fourth-order valence-electron chi connectivity index (χ4n) is 4.10. The maximum Gasteiger partial charge on any atom is 0.294 e. The zero-order chi connectivity index (χ0) is 17.4. The van der Waals surface area contributed by atoms with Gasteiger partial charge in [0.05, 0.1) is 28.0 Å². The summed E-state index contributed by atoms with van der Waals surface area (Å²) < 4.78 is 5.90. The number of amides is 2. The van der Waals surface area contributed by atoms with Gasteiger partial charge in [-0.1, -0.05) is 23.8 Å². The minimum atomic E-state index is -0.873. The van der Waals surface area contributed by atoms with Crippen molar-refractivity contribution in [3.05, 3.63) is 45.5 Å². The molecule has 2 saturated heterocycles. The van der Waals surface area contributed by atoms with Gasteiger partial charge in [0.25, 0.3) is 5.69 Å². The van der Waals surface area contributed by atoms with Gasteiger partial charge in [0.1, 0.15) is 5.69 Å². The third-order valence-corrected chi connectivity index (χ3v) is 5.34. The number of halogens is 1. The van der Waals surface area contributed by atoms with E-state index in [4.69, 9.17) is 16.3 Å². The molecule has 4 atom stereocenters. The molecule has 124 valence electrons. The zero-order valence-electron chi connectivity index (χ0n) is 12.9. The summed E-state index contributed by atoms with van der Waals surface area (Å²) in [6.45, 7) is 3.51. The minimum absolute atomic E-state index is 0.0552. The summed E-state index contributed by atoms with van der Waals surface area (Å²) >= 11 is 5.81. The van der Waals surface area contributed by atoms with Gasteiger partial charge in [-0.2, -0.15) is 0 Å². The number of nitro benzene ring substituents is 1. The molecular formula is C16H13ClN2O5. The molecule has 2 fully saturated rings. The molecule has 2 amide bonds. The Morgan fingerprint density at radius 2 is 1.71 bits per heavy atom. The monoisotopic (exact) mass is 348 g/mol. The molecule has 3 heterocycles. The molecule has 1 aromatic rings. The van der Waals surface area contributed by atoms with Crippen LogP contribution in [-0.4, -0.2) is 27.9 Å². The van der Waals surface area contributed by atoms with Crippen molar-refractivity contribution in [3.63, 3.8) is 0 Å². The zero-order valence-corrected chi connectivity index (χ0v) is 13.6. The molecule has 8 heteroatoms. The molecule has 1 aromatic carbocycles. The number of nitro groups is 1. The largest absolute Gasteiger partial charge is 0.359 e. The molecule has 0 radical (unpaired) electrons. The molecule has 0 N–H and O–H groups in total. The van der Waals surface area contributed by atoms with Crippen molar-refractivity contribution in [2.75, 3.05) is 4.90 Å². The summed E-state index contributed by atoms with van der Waals surface area (Å²) in [5.74, 6) is -2.33. The first-order valence-corrected chi connectivity index (χ1v) is 7.78. The Kier molecular flexibility index (Phi) is 2.82. The maximum absolute atomic E-state index is 12.9. The summed E-state index contributed by atoms with van der Waals surface area (Å²) in [5, 5.41) is 11.5. The van der Waals surface area contributed by atoms with Crippen molar-refractivity contribution in [2.45, 2.75) is 25.0 Å². The van der Waals surface area contributed by atoms with Crippen LogP contribution in [0.5, 0.6) is 0 Å². The first-order valence-electron chi connectivity index (χ1n) is 7.40. The van der Waals surface area contributed by atoms with E-state index in [1.54, 1.807) is 26.0 Å². The molecule has 2 bridgehead atoms. The van der Waals surface area contributed by atoms with Crippen LogP contribution in [-0.2, 0) is 14.3 Å². The van der Waals surface area contributed by atoms with Gasteiger partial charge < -0.3 is 4.74 Å². The fourth-order valence-corrected chi connectivity index (χ4v) is 4.27. The molecule has 7 nitrogen and oxygen atoms in total. The lowest BCUT2D eigenvalue weighted by Crippen LogP contribution is -2.39. The third-order valence-electron chi connectivity index (χ3n) is 5.10. The lowest BCUT2D eigenvalue weighted by Gasteiger charge is -2.25. The van der Waals surface area contributed by atoms with E-state index in [9.17, 15) is 19.7 Å². The summed E-state index contributed by atoms with van der Waals surface area (Å²) in [5.41, 5.74) is -2.18. The van der Waals surface area contributed by atoms with Gasteiger partial charge in [-0.05, 0) is 26.0 Å². The lowest BCUT2D eigenvalue weighted by molar-refractivity contribution is -0.384. The Morgan fingerprint density at radius 1 is 1.17 bits per heavy atom. The normalized spacial score (nSPS) is 36.5. The molecule has 0 aliphatic carbocycles. The van der Waals surface area contributed by atoms with Crippen LogP contribution in [0.1, 0.15) is 13.8 Å². The standard InChI is InChI=1S/C16H13ClN2O5/c1-15-5-6-16(2,24-15)12-11(15)13(20)18(14(12)21)9-4-3-8(17)7-10(9)19(22)23/h3-7,11-12H,1-2H3/t11-,12-,15-,16+/m1/s1. The predicted molar refractivity (Wildman–Crippen MR) is 84.6 cm³/mol. The Balaban J connectivity index is 1.85. The highest BCUT2D eigenvalue weighted by atomic mass is 35.5. The van der Waals surface area contributed by atoms with E-state index in [1.165, 1.54) is 12.1 Å². The van der Waals surface area contributed by atoms with Crippen LogP contribution in [0, 0.1) is 22.0 Å². The van der Waals surface area contributed by atoms with Gasteiger partial charge in [-0.3, -0.25) is 19.7 Å². The van der Waals surface area contributed by atoms with Crippen LogP contribution in [0.3, 0.4) is 0 Å². The molecule has 3 aliphatic heterocycles. The van der Waals surface area contributed by atoms with Crippen LogP contribution >= 0.6 is 11.6 Å². The van der Waals surface area contributed by atoms with Crippen LogP contribution in [0.25, 0.3) is 0 Å². The van der Waals surface area contributed by atoms with E-state index < -0.39 is 39.8 Å². The number of carbonyl (C=O) groups is 2. The van der Waals surface area contributed by atoms with Crippen LogP contribution in [0.4, 0.5) is 11.4 Å². The predicted octanol–water partition coefficient (Wildman–Crippen LogP) is 2.47. The van der Waals surface area contributed by atoms with E-state index in [0.717, 1.165) is 11.0 Å². The highest BCUT2D eigenvalue weighted by molar-refractivity contribution is 6.31. The average molecular weight is 349 g/mol. The second-order valence-corrected chi connectivity index (χ2v) is 7.10. The van der Waals surface area contributed by atoms with Crippen LogP contribution < -0.4 is 4.90 Å². The molecule has 4 rings (SSSR count). The first kappa shape index (κ1) is 15.3. The van der Waals surface area contributed by atoms with Gasteiger partial charge in [-0.15, -0.1) is 0 Å². The third kappa shape index (κ3) is 1.71. The molecule has 3 aliphatic rings. The number of imide groups is 1. The van der Waals surface area contributed by atoms with Gasteiger partial charge in [-0.25, -0.2) is 4.90 Å². The van der Waals surface area contributed by atoms with Crippen molar-refractivity contribution < 1.29 is 19.2 Å². The molecule has 0 unspecified atom stereocenters. The summed E-state index contributed by atoms with van der Waals surface area (Å²) in [6, 6.07) is 3.89. The highest BCUT2D eigenvalue weighted by Gasteiger charge is 2.70. The number of nitrogens with zero attached hydrogens (tertiary/aromatic N) is 2. The average Bonchev–Trinajstić information content (AvgIpc) is 3.04. The van der Waals surface area contributed by atoms with Crippen molar-refractivity contribution in [2.24, 2.45) is 11.8 Å². The van der Waals surface area contributed by atoms with Gasteiger partial charge in [0.2, 0.25) is 11.8 Å². The number of anilines is 1. The minimum Gasteiger partial charge on any atom is -0.359 e. The van der Waals surface area contributed by atoms with Gasteiger partial charge >= 0.3 is 0 Å². The summed E-state index contributed by atoms with van der Waals surface area (Å²) in [4.78, 5) is 37.4. The number of benzene rings is 1. The number of hydrogen-bond acceptors (Lipinski definition) is 5. The fraction of sp³-hybridized carbons (Fsp3) is 0.375. The van der Waals surface area contributed by atoms with E-state index in [-0.39, 0.29) is 16.4 Å². The van der Waals surface area contributed by atoms with E-state index in [2.05, 4.69) is 0 Å². The summed E-state index contributed by atoms with van der Waals surface area (Å²) in [7, 11) is 0. The maximum atomic E-state index is 12.9. The molecule has 24 heavy (non-hydrogen) atoms. The topological polar surface area (TPSA) is 89.8 Å². The number of rotatable bonds is 2. The van der Waals surface area contributed by atoms with Crippen molar-refractivity contribution in [1.82, 2.24) is 0 Å². The second-order valence-electron chi connectivity index (χ2n) is 6.66. The van der Waals surface area contributed by atoms with Crippen LogP contribution in [0.2, 0.25) is 5.02 Å². The quantitative estimate of drug-likeness (QED) is 0.354. The number of ether oxygens (including phenoxy) is 1. The molecule has 0 saturated carbocycles. The Labute approximate surface area is 142 Å². The second kappa shape index (κ2) is 4.43. The van der Waals surface area contributed by atoms with Crippen molar-refractivity contribution >= 4 is 34.8 Å². The van der Waals surface area contributed by atoms with Gasteiger partial charge in [0.15, 0.2) is 0 Å². The molecule has 0 spiro atoms. The van der Waals surface area contributed by atoms with E-state index >= 15 is 0 Å². The Morgan fingerprint density at radius 3 is 2.21 bits per heavy atom. The Hall–Kier alpha value is -2.25. The van der Waals surface area contributed by atoms with Crippen molar-refractivity contribution in [1.29, 1.82) is 0 Å². The number of hydrogen-bond donors (Lipinski definition) is 0. The van der Waals surface area contributed by atoms with Crippen molar-refractivity contribution in [3.8, 4) is 0 Å². The first-order chi connectivity index (χ1) is 11.2. The molecular weight excluding hydrogens is 336 g/mol. The highest BCUT2D eigenvalue weighted by Crippen LogP contribution is 2.57. The summed E-state index contributed by atoms with van der Waals surface area (Å²) in [6.07, 6.45) is 3.58. The smallest absolute Gasteiger partial charge is 0.294 e. The molecule has 0 aromatic heterocycles. The van der Waals surface area contributed by atoms with E-state index in [1.807, 2.05) is 0 Å². The lowest BCUT2D eigenvalue weighted by atomic mass is 9.73.